The molecule has 2 saturated heterocycles. The molecule has 4 amide bonds. The normalized spacial score (nSPS) is 31.6. The Morgan fingerprint density at radius 2 is 1.49 bits per heavy atom. The van der Waals surface area contributed by atoms with Crippen molar-refractivity contribution in [1.29, 1.82) is 0 Å². The van der Waals surface area contributed by atoms with Gasteiger partial charge in [0.15, 0.2) is 12.4 Å². The van der Waals surface area contributed by atoms with Crippen molar-refractivity contribution < 1.29 is 58.6 Å². The first-order valence-electron chi connectivity index (χ1n) is 15.5. The number of methoxy groups -OCH3 is 1. The second-order valence-corrected chi connectivity index (χ2v) is 11.3. The van der Waals surface area contributed by atoms with Crippen molar-refractivity contribution in [2.24, 2.45) is 0 Å². The quantitative estimate of drug-likeness (QED) is 0.0580. The maximum atomic E-state index is 13.0. The lowest BCUT2D eigenvalue weighted by Gasteiger charge is -2.47. The van der Waals surface area contributed by atoms with Crippen LogP contribution in [-0.2, 0) is 38.1 Å². The van der Waals surface area contributed by atoms with Crippen LogP contribution in [0.15, 0.2) is 0 Å². The number of carbonyl (C=O) groups excluding carboxylic acids is 4. The molecule has 0 bridgehead atoms. The van der Waals surface area contributed by atoms with Crippen LogP contribution in [0.25, 0.3) is 0 Å². The van der Waals surface area contributed by atoms with Crippen LogP contribution >= 0.6 is 0 Å². The van der Waals surface area contributed by atoms with E-state index in [1.807, 2.05) is 0 Å². The Hall–Kier alpha value is -2.48. The van der Waals surface area contributed by atoms with Crippen LogP contribution in [0.5, 0.6) is 0 Å². The van der Waals surface area contributed by atoms with Crippen molar-refractivity contribution in [2.75, 3.05) is 20.3 Å². The van der Waals surface area contributed by atoms with E-state index in [0.29, 0.717) is 19.4 Å². The molecule has 260 valence electrons. The molecule has 0 aromatic carbocycles. The number of hydrazine groups is 2. The van der Waals surface area contributed by atoms with Gasteiger partial charge in [0.25, 0.3) is 5.91 Å². The van der Waals surface area contributed by atoms with Crippen LogP contribution in [0.4, 0.5) is 0 Å². The van der Waals surface area contributed by atoms with Gasteiger partial charge in [-0.1, -0.05) is 26.2 Å². The van der Waals surface area contributed by atoms with Crippen molar-refractivity contribution in [3.8, 4) is 0 Å². The fourth-order valence-electron chi connectivity index (χ4n) is 5.16. The molecule has 17 nitrogen and oxygen atoms in total. The van der Waals surface area contributed by atoms with Crippen LogP contribution < -0.4 is 27.0 Å². The van der Waals surface area contributed by atoms with Gasteiger partial charge in [-0.3, -0.25) is 35.5 Å². The summed E-state index contributed by atoms with van der Waals surface area (Å²) in [6.45, 7) is 5.06. The lowest BCUT2D eigenvalue weighted by Crippen LogP contribution is -2.68. The van der Waals surface area contributed by atoms with Gasteiger partial charge in [0.05, 0.1) is 18.8 Å². The predicted molar refractivity (Wildman–Crippen MR) is 156 cm³/mol. The van der Waals surface area contributed by atoms with Gasteiger partial charge in [-0.15, -0.1) is 0 Å². The van der Waals surface area contributed by atoms with E-state index in [4.69, 9.17) is 18.9 Å². The second kappa shape index (κ2) is 19.9. The molecular weight excluding hydrogens is 598 g/mol. The number of aliphatic hydroxyl groups excluding tert-OH is 4. The standard InChI is InChI=1S/C28H51N5O12/c1-5-6-7-10-13-29-31-18(36)11-8-9-12-19(37)32-33-27(41)26-25(42-4)22(39)23(40)28(45-26)44-24-20(30-16(3)35)15(2)43-17(14-34)21(24)38/h15,17,20-26,28-29,34,38-40H,5-14H2,1-4H3,(H,30,35)(H,31,36)(H,32,37)(H,33,41)/t15-,17?,20?,21?,22+,23?,24+,25-,26?,28+/m0/s1. The summed E-state index contributed by atoms with van der Waals surface area (Å²) in [5.41, 5.74) is 9.95. The molecule has 0 saturated carbocycles. The smallest absolute Gasteiger partial charge is 0.270 e. The van der Waals surface area contributed by atoms with E-state index in [0.717, 1.165) is 25.7 Å². The largest absolute Gasteiger partial charge is 0.394 e. The number of ether oxygens (including phenoxy) is 4. The van der Waals surface area contributed by atoms with Crippen LogP contribution in [-0.4, -0.2) is 125 Å². The average molecular weight is 650 g/mol. The number of aliphatic hydroxyl groups is 4. The molecule has 9 N–H and O–H groups in total. The van der Waals surface area contributed by atoms with Crippen molar-refractivity contribution in [2.45, 2.75) is 133 Å². The molecule has 5 unspecified atom stereocenters. The molecule has 2 fully saturated rings. The summed E-state index contributed by atoms with van der Waals surface area (Å²) in [5, 5.41) is 44.4. The number of hydrogen-bond acceptors (Lipinski definition) is 13. The topological polar surface area (TPSA) is 246 Å². The number of rotatable bonds is 17. The number of amides is 4. The second-order valence-electron chi connectivity index (χ2n) is 11.3. The zero-order valence-corrected chi connectivity index (χ0v) is 26.4. The zero-order valence-electron chi connectivity index (χ0n) is 26.4. The lowest BCUT2D eigenvalue weighted by molar-refractivity contribution is -0.325. The molecule has 45 heavy (non-hydrogen) atoms. The minimum atomic E-state index is -1.75. The van der Waals surface area contributed by atoms with Crippen LogP contribution in [0.1, 0.15) is 72.1 Å². The molecule has 2 aliphatic heterocycles. The van der Waals surface area contributed by atoms with E-state index in [1.165, 1.54) is 14.0 Å². The summed E-state index contributed by atoms with van der Waals surface area (Å²) in [7, 11) is 1.19. The Labute approximate surface area is 263 Å². The molecular formula is C28H51N5O12. The SMILES string of the molecule is CCCCCCNNC(=O)CCCCC(=O)NNC(=O)C1O[C@@H](O[C@H]2C(O)C(CO)O[C@@H](C)C2NC(C)=O)C(O)[C@@H](O)[C@@H]1OC. The Morgan fingerprint density at radius 1 is 0.822 bits per heavy atom. The van der Waals surface area contributed by atoms with E-state index in [2.05, 4.69) is 33.9 Å². The van der Waals surface area contributed by atoms with Gasteiger partial charge in [-0.2, -0.15) is 0 Å². The Kier molecular flexibility index (Phi) is 17.1. The zero-order chi connectivity index (χ0) is 33.5. The number of nitrogens with one attached hydrogen (secondary N) is 5. The molecule has 0 aliphatic carbocycles. The van der Waals surface area contributed by atoms with Crippen molar-refractivity contribution >= 4 is 23.6 Å². The Bertz CT molecular complexity index is 946. The monoisotopic (exact) mass is 649 g/mol. The number of carbonyl (C=O) groups is 4. The van der Waals surface area contributed by atoms with Crippen LogP contribution in [0.2, 0.25) is 0 Å². The van der Waals surface area contributed by atoms with Gasteiger partial charge in [0.1, 0.15) is 36.6 Å². The first-order valence-corrected chi connectivity index (χ1v) is 15.5. The molecule has 2 heterocycles. The molecule has 17 heteroatoms. The highest BCUT2D eigenvalue weighted by atomic mass is 16.7. The number of hydrogen-bond donors (Lipinski definition) is 9. The van der Waals surface area contributed by atoms with Gasteiger partial charge >= 0.3 is 0 Å². The van der Waals surface area contributed by atoms with E-state index in [1.54, 1.807) is 6.92 Å². The molecule has 0 spiro atoms. The third-order valence-corrected chi connectivity index (χ3v) is 7.65. The summed E-state index contributed by atoms with van der Waals surface area (Å²) >= 11 is 0. The summed E-state index contributed by atoms with van der Waals surface area (Å²) in [6, 6.07) is -0.946. The highest BCUT2D eigenvalue weighted by Gasteiger charge is 2.52. The van der Waals surface area contributed by atoms with E-state index < -0.39 is 85.5 Å². The maximum absolute atomic E-state index is 13.0. The van der Waals surface area contributed by atoms with E-state index in [-0.39, 0.29) is 18.7 Å². The van der Waals surface area contributed by atoms with Crippen LogP contribution in [0.3, 0.4) is 0 Å². The summed E-state index contributed by atoms with van der Waals surface area (Å²) in [5.74, 6) is -2.12. The summed E-state index contributed by atoms with van der Waals surface area (Å²) in [4.78, 5) is 49.0. The fraction of sp³-hybridized carbons (Fsp3) is 0.857. The van der Waals surface area contributed by atoms with E-state index in [9.17, 15) is 39.6 Å². The van der Waals surface area contributed by atoms with E-state index >= 15 is 0 Å². The van der Waals surface area contributed by atoms with Crippen molar-refractivity contribution in [3.05, 3.63) is 0 Å². The highest BCUT2D eigenvalue weighted by molar-refractivity contribution is 5.85. The predicted octanol–water partition coefficient (Wildman–Crippen LogP) is -2.61. The van der Waals surface area contributed by atoms with Gasteiger partial charge in [-0.25, -0.2) is 5.43 Å². The molecule has 2 rings (SSSR count). The maximum Gasteiger partial charge on any atom is 0.270 e. The number of unbranched alkanes of at least 4 members (excludes halogenated alkanes) is 4. The molecule has 10 atom stereocenters. The van der Waals surface area contributed by atoms with Gasteiger partial charge < -0.3 is 44.7 Å². The fourth-order valence-corrected chi connectivity index (χ4v) is 5.16. The summed E-state index contributed by atoms with van der Waals surface area (Å²) < 4.78 is 22.2. The molecule has 0 radical (unpaired) electrons. The van der Waals surface area contributed by atoms with Gasteiger partial charge in [0.2, 0.25) is 17.7 Å². The van der Waals surface area contributed by atoms with Crippen LogP contribution in [0, 0.1) is 0 Å². The Morgan fingerprint density at radius 3 is 2.09 bits per heavy atom. The lowest BCUT2D eigenvalue weighted by atomic mass is 9.92. The minimum absolute atomic E-state index is 0.0146. The third-order valence-electron chi connectivity index (χ3n) is 7.65. The first-order chi connectivity index (χ1) is 21.4. The first kappa shape index (κ1) is 38.7. The average Bonchev–Trinajstić information content (AvgIpc) is 3.00. The van der Waals surface area contributed by atoms with Gasteiger partial charge in [-0.05, 0) is 26.2 Å². The molecule has 0 aromatic rings. The Balaban J connectivity index is 1.90. The highest BCUT2D eigenvalue weighted by Crippen LogP contribution is 2.30. The van der Waals surface area contributed by atoms with Gasteiger partial charge in [0, 0.05) is 33.4 Å². The molecule has 2 aliphatic rings. The third kappa shape index (κ3) is 12.0. The van der Waals surface area contributed by atoms with Crippen molar-refractivity contribution in [1.82, 2.24) is 27.0 Å². The minimum Gasteiger partial charge on any atom is -0.394 e. The summed E-state index contributed by atoms with van der Waals surface area (Å²) in [6.07, 6.45) is -7.31. The van der Waals surface area contributed by atoms with Crippen molar-refractivity contribution in [3.63, 3.8) is 0 Å². The molecule has 0 aromatic heterocycles.